The molecule has 0 N–H and O–H groups in total. The van der Waals surface area contributed by atoms with Gasteiger partial charge >= 0.3 is 0 Å². The minimum atomic E-state index is -0.111. The van der Waals surface area contributed by atoms with Crippen molar-refractivity contribution in [2.24, 2.45) is 0 Å². The molecule has 2 heterocycles. The van der Waals surface area contributed by atoms with Gasteiger partial charge in [0.2, 0.25) is 0 Å². The Hall–Kier alpha value is -8.40. The zero-order valence-electron chi connectivity index (χ0n) is 37.7. The highest BCUT2D eigenvalue weighted by Crippen LogP contribution is 2.45. The number of benzene rings is 9. The molecule has 12 rings (SSSR count). The minimum Gasteiger partial charge on any atom is -0.455 e. The molecule has 0 bridgehead atoms. The van der Waals surface area contributed by atoms with E-state index in [4.69, 9.17) is 4.42 Å². The normalized spacial score (nSPS) is 14.4. The summed E-state index contributed by atoms with van der Waals surface area (Å²) in [5, 5.41) is 4.63. The van der Waals surface area contributed by atoms with E-state index in [0.717, 1.165) is 78.9 Å². The van der Waals surface area contributed by atoms with Crippen LogP contribution in [0.4, 0.5) is 17.1 Å². The van der Waals surface area contributed by atoms with E-state index in [0.29, 0.717) is 0 Å². The fourth-order valence-electron chi connectivity index (χ4n) is 10.2. The summed E-state index contributed by atoms with van der Waals surface area (Å²) in [6, 6.07) is 74.7. The first-order chi connectivity index (χ1) is 32.9. The predicted octanol–water partition coefficient (Wildman–Crippen LogP) is 18.0. The SMILES string of the molecule is C=C1/C=C\C=C/CC(C)(C)c2cc(N(c3ccc(-c4ccccc4)cc3)c3ccc(-c4cc(-c5ccc6c(c5)c5ccccc5n6-c5ccccc5)c5oc6ccccc6c5c4)cc3)ccc21. The first kappa shape index (κ1) is 40.1. The summed E-state index contributed by atoms with van der Waals surface area (Å²) in [5.41, 5.74) is 18.7. The van der Waals surface area contributed by atoms with Gasteiger partial charge in [-0.15, -0.1) is 0 Å². The third kappa shape index (κ3) is 7.08. The molecule has 0 fully saturated rings. The fraction of sp³-hybridized carbons (Fsp3) is 0.0625. The van der Waals surface area contributed by atoms with Crippen LogP contribution in [0, 0.1) is 0 Å². The molecular formula is C64H48N2O. The number of hydrogen-bond acceptors (Lipinski definition) is 2. The lowest BCUT2D eigenvalue weighted by atomic mass is 9.77. The van der Waals surface area contributed by atoms with Crippen molar-refractivity contribution in [3.05, 3.63) is 248 Å². The molecule has 0 spiro atoms. The maximum absolute atomic E-state index is 6.75. The Bertz CT molecular complexity index is 3730. The Morgan fingerprint density at radius 3 is 1.84 bits per heavy atom. The average molecular weight is 861 g/mol. The van der Waals surface area contributed by atoms with Gasteiger partial charge in [0, 0.05) is 49.9 Å². The van der Waals surface area contributed by atoms with E-state index in [2.05, 4.69) is 254 Å². The van der Waals surface area contributed by atoms with Gasteiger partial charge in [-0.1, -0.05) is 166 Å². The number of anilines is 3. The molecule has 1 aliphatic rings. The molecular weight excluding hydrogens is 813 g/mol. The molecule has 0 saturated heterocycles. The van der Waals surface area contributed by atoms with Gasteiger partial charge < -0.3 is 13.9 Å². The van der Waals surface area contributed by atoms with Crippen molar-refractivity contribution in [1.82, 2.24) is 4.57 Å². The van der Waals surface area contributed by atoms with E-state index < -0.39 is 0 Å². The summed E-state index contributed by atoms with van der Waals surface area (Å²) < 4.78 is 9.11. The second-order valence-corrected chi connectivity index (χ2v) is 18.3. The van der Waals surface area contributed by atoms with Crippen molar-refractivity contribution in [2.75, 3.05) is 4.90 Å². The molecule has 0 radical (unpaired) electrons. The lowest BCUT2D eigenvalue weighted by Crippen LogP contribution is -2.19. The molecule has 0 atom stereocenters. The van der Waals surface area contributed by atoms with Gasteiger partial charge in [-0.2, -0.15) is 0 Å². The quantitative estimate of drug-likeness (QED) is 0.159. The summed E-state index contributed by atoms with van der Waals surface area (Å²) in [5.74, 6) is 0. The van der Waals surface area contributed by atoms with Crippen LogP contribution in [0.3, 0.4) is 0 Å². The number of aromatic nitrogens is 1. The van der Waals surface area contributed by atoms with Crippen molar-refractivity contribution < 1.29 is 4.42 Å². The molecule has 3 heteroatoms. The third-order valence-electron chi connectivity index (χ3n) is 13.7. The Morgan fingerprint density at radius 1 is 0.478 bits per heavy atom. The van der Waals surface area contributed by atoms with Gasteiger partial charge in [0.05, 0.1) is 11.0 Å². The molecule has 0 saturated carbocycles. The topological polar surface area (TPSA) is 21.3 Å². The Morgan fingerprint density at radius 2 is 1.07 bits per heavy atom. The van der Waals surface area contributed by atoms with Gasteiger partial charge in [-0.25, -0.2) is 0 Å². The van der Waals surface area contributed by atoms with Gasteiger partial charge in [0.25, 0.3) is 0 Å². The Balaban J connectivity index is 0.997. The van der Waals surface area contributed by atoms with Gasteiger partial charge in [-0.3, -0.25) is 0 Å². The highest BCUT2D eigenvalue weighted by molar-refractivity contribution is 6.14. The molecule has 0 amide bonds. The van der Waals surface area contributed by atoms with Crippen molar-refractivity contribution in [1.29, 1.82) is 0 Å². The van der Waals surface area contributed by atoms with E-state index in [1.807, 2.05) is 6.07 Å². The van der Waals surface area contributed by atoms with E-state index in [1.165, 1.54) is 44.1 Å². The van der Waals surface area contributed by atoms with Gasteiger partial charge in [0.1, 0.15) is 11.2 Å². The summed E-state index contributed by atoms with van der Waals surface area (Å²) in [6.45, 7) is 9.16. The van der Waals surface area contributed by atoms with Crippen LogP contribution in [-0.4, -0.2) is 4.57 Å². The predicted molar refractivity (Wildman–Crippen MR) is 284 cm³/mol. The maximum Gasteiger partial charge on any atom is 0.143 e. The first-order valence-electron chi connectivity index (χ1n) is 23.2. The highest BCUT2D eigenvalue weighted by Gasteiger charge is 2.26. The van der Waals surface area contributed by atoms with Crippen LogP contribution in [-0.2, 0) is 5.41 Å². The van der Waals surface area contributed by atoms with Crippen LogP contribution in [0.25, 0.3) is 88.4 Å². The molecule has 2 aromatic heterocycles. The number of para-hydroxylation sites is 3. The summed E-state index contributed by atoms with van der Waals surface area (Å²) in [4.78, 5) is 2.38. The van der Waals surface area contributed by atoms with Gasteiger partial charge in [-0.05, 0) is 141 Å². The second kappa shape index (κ2) is 16.2. The first-order valence-corrected chi connectivity index (χ1v) is 23.2. The monoisotopic (exact) mass is 860 g/mol. The van der Waals surface area contributed by atoms with Crippen LogP contribution in [0.1, 0.15) is 31.4 Å². The van der Waals surface area contributed by atoms with E-state index in [-0.39, 0.29) is 5.41 Å². The molecule has 67 heavy (non-hydrogen) atoms. The van der Waals surface area contributed by atoms with Crippen molar-refractivity contribution in [3.63, 3.8) is 0 Å². The Labute approximate surface area is 391 Å². The van der Waals surface area contributed by atoms with Crippen molar-refractivity contribution in [2.45, 2.75) is 25.7 Å². The van der Waals surface area contributed by atoms with Crippen LogP contribution in [0.2, 0.25) is 0 Å². The average Bonchev–Trinajstić information content (AvgIpc) is 3.93. The van der Waals surface area contributed by atoms with Crippen LogP contribution < -0.4 is 4.90 Å². The lowest BCUT2D eigenvalue weighted by Gasteiger charge is -2.31. The smallest absolute Gasteiger partial charge is 0.143 e. The molecule has 0 unspecified atom stereocenters. The molecule has 11 aromatic rings. The van der Waals surface area contributed by atoms with Crippen molar-refractivity contribution in [3.8, 4) is 39.1 Å². The molecule has 9 aromatic carbocycles. The van der Waals surface area contributed by atoms with Crippen LogP contribution in [0.5, 0.6) is 0 Å². The van der Waals surface area contributed by atoms with Crippen LogP contribution >= 0.6 is 0 Å². The van der Waals surface area contributed by atoms with Crippen LogP contribution in [0.15, 0.2) is 242 Å². The lowest BCUT2D eigenvalue weighted by molar-refractivity contribution is 0.533. The molecule has 0 aliphatic heterocycles. The second-order valence-electron chi connectivity index (χ2n) is 18.3. The number of allylic oxidation sites excluding steroid dienone is 5. The Kier molecular flexibility index (Phi) is 9.73. The number of rotatable bonds is 7. The number of fused-ring (bicyclic) bond motifs is 7. The van der Waals surface area contributed by atoms with E-state index in [9.17, 15) is 0 Å². The molecule has 1 aliphatic carbocycles. The summed E-state index contributed by atoms with van der Waals surface area (Å²) in [7, 11) is 0. The number of furan rings is 1. The number of nitrogens with zero attached hydrogens (tertiary/aromatic N) is 2. The minimum absolute atomic E-state index is 0.111. The van der Waals surface area contributed by atoms with Gasteiger partial charge in [0.15, 0.2) is 0 Å². The zero-order valence-corrected chi connectivity index (χ0v) is 37.7. The largest absolute Gasteiger partial charge is 0.455 e. The summed E-state index contributed by atoms with van der Waals surface area (Å²) >= 11 is 0. The molecule has 3 nitrogen and oxygen atoms in total. The van der Waals surface area contributed by atoms with E-state index >= 15 is 0 Å². The maximum atomic E-state index is 6.75. The fourth-order valence-corrected chi connectivity index (χ4v) is 10.2. The van der Waals surface area contributed by atoms with Crippen molar-refractivity contribution >= 4 is 66.4 Å². The zero-order chi connectivity index (χ0) is 45.1. The van der Waals surface area contributed by atoms with E-state index in [1.54, 1.807) is 0 Å². The number of hydrogen-bond donors (Lipinski definition) is 0. The highest BCUT2D eigenvalue weighted by atomic mass is 16.3. The third-order valence-corrected chi connectivity index (χ3v) is 13.7. The molecule has 320 valence electrons. The standard InChI is InChI=1S/C64H48N2O/c1-43-17-7-6-16-38-64(2,3)59-42-52(35-36-53(43)59)65(50-31-26-45(27-32-50)44-18-8-4-9-19-44)51-33-28-46(29-34-51)48-40-56(63-58(41-48)55-23-13-15-25-62(55)67-63)47-30-37-61-57(39-47)54-22-12-14-24-60(54)66(61)49-20-10-5-11-21-49/h4-37,39-42H,1,38H2,2-3H3/b16-6-,17-7-. The summed E-state index contributed by atoms with van der Waals surface area (Å²) in [6.07, 6.45) is 9.55.